The number of urea groups is 1. The van der Waals surface area contributed by atoms with E-state index in [1.165, 1.54) is 0 Å². The second-order valence-electron chi connectivity index (χ2n) is 8.30. The predicted octanol–water partition coefficient (Wildman–Crippen LogP) is 3.10. The van der Waals surface area contributed by atoms with Crippen LogP contribution in [0, 0.1) is 5.92 Å². The van der Waals surface area contributed by atoms with Gasteiger partial charge < -0.3 is 20.9 Å². The summed E-state index contributed by atoms with van der Waals surface area (Å²) in [5, 5.41) is 9.60. The van der Waals surface area contributed by atoms with Crippen LogP contribution in [0.3, 0.4) is 0 Å². The summed E-state index contributed by atoms with van der Waals surface area (Å²) in [5.41, 5.74) is 1.91. The third-order valence-electron chi connectivity index (χ3n) is 5.77. The molecule has 2 fully saturated rings. The van der Waals surface area contributed by atoms with Gasteiger partial charge in [-0.1, -0.05) is 32.4 Å². The van der Waals surface area contributed by atoms with Gasteiger partial charge in [0.25, 0.3) is 0 Å². The number of H-pyrrole nitrogens is 1. The molecule has 8 heteroatoms. The molecule has 4 N–H and O–H groups in total. The topological polar surface area (TPSA) is 98.9 Å². The van der Waals surface area contributed by atoms with Crippen molar-refractivity contribution in [2.45, 2.75) is 62.9 Å². The van der Waals surface area contributed by atoms with Crippen LogP contribution in [0.25, 0.3) is 11.0 Å². The Morgan fingerprint density at radius 2 is 2.10 bits per heavy atom. The minimum atomic E-state index is -0.124. The van der Waals surface area contributed by atoms with Crippen LogP contribution in [-0.2, 0) is 4.79 Å². The van der Waals surface area contributed by atoms with Crippen molar-refractivity contribution in [3.8, 4) is 0 Å². The van der Waals surface area contributed by atoms with Gasteiger partial charge in [0, 0.05) is 17.4 Å². The van der Waals surface area contributed by atoms with Crippen molar-refractivity contribution in [2.75, 3.05) is 5.75 Å². The SMILES string of the molecule is CC(C)[C@H](NC(=O)CCCC[C@@H]1SC[C@@H]2NC(=O)N[C@@H]21)c1nc2ccccc2[nH]1. The Morgan fingerprint density at radius 1 is 1.28 bits per heavy atom. The zero-order valence-electron chi connectivity index (χ0n) is 16.9. The number of benzene rings is 1. The van der Waals surface area contributed by atoms with Crippen LogP contribution in [0.4, 0.5) is 4.79 Å². The molecule has 156 valence electrons. The quantitative estimate of drug-likeness (QED) is 0.393. The van der Waals surface area contributed by atoms with E-state index < -0.39 is 0 Å². The van der Waals surface area contributed by atoms with Gasteiger partial charge in [-0.05, 0) is 30.9 Å². The lowest BCUT2D eigenvalue weighted by Crippen LogP contribution is -2.36. The monoisotopic (exact) mass is 415 g/mol. The van der Waals surface area contributed by atoms with Gasteiger partial charge >= 0.3 is 6.03 Å². The third kappa shape index (κ3) is 4.52. The second kappa shape index (κ2) is 8.65. The lowest BCUT2D eigenvalue weighted by molar-refractivity contribution is -0.122. The highest BCUT2D eigenvalue weighted by atomic mass is 32.2. The molecular formula is C21H29N5O2S. The van der Waals surface area contributed by atoms with Crippen molar-refractivity contribution in [2.24, 2.45) is 5.92 Å². The number of amides is 3. The Hall–Kier alpha value is -2.22. The zero-order valence-corrected chi connectivity index (χ0v) is 17.7. The summed E-state index contributed by atoms with van der Waals surface area (Å²) in [6.45, 7) is 4.19. The first-order chi connectivity index (χ1) is 14.0. The van der Waals surface area contributed by atoms with Crippen LogP contribution in [-0.4, -0.2) is 45.0 Å². The summed E-state index contributed by atoms with van der Waals surface area (Å²) in [4.78, 5) is 32.0. The molecule has 0 spiro atoms. The maximum atomic E-state index is 12.5. The molecule has 0 unspecified atom stereocenters. The van der Waals surface area contributed by atoms with E-state index in [9.17, 15) is 9.59 Å². The highest BCUT2D eigenvalue weighted by molar-refractivity contribution is 8.00. The minimum Gasteiger partial charge on any atom is -0.346 e. The first-order valence-electron chi connectivity index (χ1n) is 10.4. The van der Waals surface area contributed by atoms with E-state index in [4.69, 9.17) is 0 Å². The van der Waals surface area contributed by atoms with Gasteiger partial charge in [-0.25, -0.2) is 9.78 Å². The van der Waals surface area contributed by atoms with Crippen molar-refractivity contribution >= 4 is 34.7 Å². The number of para-hydroxylation sites is 2. The van der Waals surface area contributed by atoms with Gasteiger partial charge in [-0.2, -0.15) is 11.8 Å². The Morgan fingerprint density at radius 3 is 2.90 bits per heavy atom. The van der Waals surface area contributed by atoms with E-state index in [0.29, 0.717) is 11.7 Å². The van der Waals surface area contributed by atoms with E-state index >= 15 is 0 Å². The molecular weight excluding hydrogens is 386 g/mol. The Kier molecular flexibility index (Phi) is 5.99. The van der Waals surface area contributed by atoms with E-state index in [2.05, 4.69) is 39.8 Å². The van der Waals surface area contributed by atoms with Gasteiger partial charge in [-0.15, -0.1) is 0 Å². The Bertz CT molecular complexity index is 850. The molecule has 3 heterocycles. The van der Waals surface area contributed by atoms with Crippen LogP contribution in [0.1, 0.15) is 51.4 Å². The molecule has 2 aliphatic rings. The number of nitrogens with one attached hydrogen (secondary N) is 4. The van der Waals surface area contributed by atoms with Crippen molar-refractivity contribution in [3.63, 3.8) is 0 Å². The summed E-state index contributed by atoms with van der Waals surface area (Å²) in [6.07, 6.45) is 3.38. The number of thioether (sulfide) groups is 1. The van der Waals surface area contributed by atoms with Gasteiger partial charge in [-0.3, -0.25) is 4.79 Å². The van der Waals surface area contributed by atoms with E-state index in [1.807, 2.05) is 36.0 Å². The fourth-order valence-electron chi connectivity index (χ4n) is 4.19. The molecule has 2 aliphatic heterocycles. The predicted molar refractivity (Wildman–Crippen MR) is 116 cm³/mol. The first-order valence-corrected chi connectivity index (χ1v) is 11.5. The van der Waals surface area contributed by atoms with Crippen molar-refractivity contribution in [1.29, 1.82) is 0 Å². The highest BCUT2D eigenvalue weighted by Gasteiger charge is 2.42. The number of carbonyl (C=O) groups is 2. The summed E-state index contributed by atoms with van der Waals surface area (Å²) < 4.78 is 0. The Balaban J connectivity index is 1.25. The fourth-order valence-corrected chi connectivity index (χ4v) is 5.73. The molecule has 0 aliphatic carbocycles. The van der Waals surface area contributed by atoms with Crippen LogP contribution >= 0.6 is 11.8 Å². The number of hydrogen-bond acceptors (Lipinski definition) is 4. The van der Waals surface area contributed by atoms with Crippen molar-refractivity contribution in [1.82, 2.24) is 25.9 Å². The Labute approximate surface area is 175 Å². The maximum Gasteiger partial charge on any atom is 0.315 e. The maximum absolute atomic E-state index is 12.5. The molecule has 1 aromatic heterocycles. The lowest BCUT2D eigenvalue weighted by atomic mass is 10.0. The van der Waals surface area contributed by atoms with Crippen LogP contribution in [0.5, 0.6) is 0 Å². The van der Waals surface area contributed by atoms with Gasteiger partial charge in [0.2, 0.25) is 5.91 Å². The summed E-state index contributed by atoms with van der Waals surface area (Å²) in [6, 6.07) is 8.24. The van der Waals surface area contributed by atoms with Crippen LogP contribution in [0.15, 0.2) is 24.3 Å². The molecule has 2 saturated heterocycles. The zero-order chi connectivity index (χ0) is 20.4. The molecule has 0 radical (unpaired) electrons. The molecule has 7 nitrogen and oxygen atoms in total. The molecule has 4 atom stereocenters. The number of unbranched alkanes of at least 4 members (excludes halogenated alkanes) is 1. The highest BCUT2D eigenvalue weighted by Crippen LogP contribution is 2.33. The molecule has 0 bridgehead atoms. The van der Waals surface area contributed by atoms with E-state index in [0.717, 1.165) is 41.9 Å². The molecule has 29 heavy (non-hydrogen) atoms. The van der Waals surface area contributed by atoms with Crippen molar-refractivity contribution in [3.05, 3.63) is 30.1 Å². The fraction of sp³-hybridized carbons (Fsp3) is 0.571. The minimum absolute atomic E-state index is 0.0463. The number of carbonyl (C=O) groups excluding carboxylic acids is 2. The number of nitrogens with zero attached hydrogens (tertiary/aromatic N) is 1. The van der Waals surface area contributed by atoms with Gasteiger partial charge in [0.1, 0.15) is 5.82 Å². The lowest BCUT2D eigenvalue weighted by Gasteiger charge is -2.20. The van der Waals surface area contributed by atoms with E-state index in [-0.39, 0.29) is 36.0 Å². The van der Waals surface area contributed by atoms with Crippen LogP contribution in [0.2, 0.25) is 0 Å². The van der Waals surface area contributed by atoms with Gasteiger partial charge in [0.15, 0.2) is 0 Å². The number of rotatable bonds is 8. The molecule has 1 aromatic carbocycles. The smallest absolute Gasteiger partial charge is 0.315 e. The number of fused-ring (bicyclic) bond motifs is 2. The standard InChI is InChI=1S/C21H29N5O2S/c1-12(2)18(20-22-13-7-3-4-8-14(13)23-20)25-17(27)10-6-5-9-16-19-15(11-29-16)24-21(28)26-19/h3-4,7-8,12,15-16,18-19H,5-6,9-11H2,1-2H3,(H,22,23)(H,25,27)(H2,24,26,28)/t15-,16-,18-,19-/m0/s1. The largest absolute Gasteiger partial charge is 0.346 e. The average Bonchev–Trinajstić information content (AvgIpc) is 3.37. The molecule has 0 saturated carbocycles. The van der Waals surface area contributed by atoms with E-state index in [1.54, 1.807) is 0 Å². The number of aromatic nitrogens is 2. The first kappa shape index (κ1) is 20.1. The second-order valence-corrected chi connectivity index (χ2v) is 9.57. The molecule has 3 amide bonds. The summed E-state index contributed by atoms with van der Waals surface area (Å²) in [7, 11) is 0. The molecule has 2 aromatic rings. The van der Waals surface area contributed by atoms with Gasteiger partial charge in [0.05, 0.1) is 29.2 Å². The number of imidazole rings is 1. The van der Waals surface area contributed by atoms with Crippen molar-refractivity contribution < 1.29 is 9.59 Å². The number of aromatic amines is 1. The number of hydrogen-bond donors (Lipinski definition) is 4. The summed E-state index contributed by atoms with van der Waals surface area (Å²) in [5.74, 6) is 2.09. The summed E-state index contributed by atoms with van der Waals surface area (Å²) >= 11 is 1.92. The third-order valence-corrected chi connectivity index (χ3v) is 7.27. The normalized spacial score (nSPS) is 24.4. The van der Waals surface area contributed by atoms with Crippen LogP contribution < -0.4 is 16.0 Å². The average molecular weight is 416 g/mol. The molecule has 4 rings (SSSR count).